The smallest absolute Gasteiger partial charge is 0.387 e. The number of Topliss-reactive ketones (excluding diaryl/α,β-unsaturated/α-hetero) is 1. The van der Waals surface area contributed by atoms with Crippen molar-refractivity contribution in [1.29, 1.82) is 0 Å². The number of alkyl halides is 2. The van der Waals surface area contributed by atoms with E-state index in [1.165, 1.54) is 26.0 Å². The number of dihydropyridines is 1. The second kappa shape index (κ2) is 11.9. The van der Waals surface area contributed by atoms with Gasteiger partial charge in [0.15, 0.2) is 6.61 Å². The standard InChI is InChI=1S/C27H28F2N2O8/c1-13-11-19(16(4)31(13)17-7-9-18(10-8-17)39-27(28)29)20(32)12-38-26(35)23-21(24(33)36-5)14(2)30-15(3)22(23)25(34)37-6/h7-11,23,27,30H,12H2,1-6H3. The first-order valence-electron chi connectivity index (χ1n) is 11.7. The minimum absolute atomic E-state index is 0.0106. The fourth-order valence-corrected chi connectivity index (χ4v) is 4.51. The number of allylic oxidation sites excluding steroid dienone is 2. The second-order valence-corrected chi connectivity index (χ2v) is 8.64. The number of nitrogens with one attached hydrogen (secondary N) is 1. The van der Waals surface area contributed by atoms with Gasteiger partial charge in [-0.1, -0.05) is 0 Å². The highest BCUT2D eigenvalue weighted by molar-refractivity contribution is 6.06. The SMILES string of the molecule is COC(=O)C1=C(C)NC(C)=C(C(=O)OC)C1C(=O)OCC(=O)c1cc(C)n(-c2ccc(OC(F)F)cc2)c1C. The van der Waals surface area contributed by atoms with E-state index in [1.54, 1.807) is 36.6 Å². The van der Waals surface area contributed by atoms with Gasteiger partial charge >= 0.3 is 24.5 Å². The Morgan fingerprint density at radius 1 is 0.923 bits per heavy atom. The van der Waals surface area contributed by atoms with Gasteiger partial charge in [0.1, 0.15) is 11.7 Å². The number of ketones is 1. The quantitative estimate of drug-likeness (QED) is 0.286. The third-order valence-electron chi connectivity index (χ3n) is 6.20. The number of esters is 3. The molecule has 0 unspecified atom stereocenters. The lowest BCUT2D eigenvalue weighted by Gasteiger charge is -2.28. The molecule has 3 rings (SSSR count). The molecule has 0 aliphatic carbocycles. The van der Waals surface area contributed by atoms with E-state index in [0.717, 1.165) is 14.2 Å². The van der Waals surface area contributed by atoms with Crippen LogP contribution in [0.25, 0.3) is 5.69 Å². The van der Waals surface area contributed by atoms with E-state index < -0.39 is 42.8 Å². The van der Waals surface area contributed by atoms with Crippen LogP contribution >= 0.6 is 0 Å². The topological polar surface area (TPSA) is 122 Å². The van der Waals surface area contributed by atoms with Crippen LogP contribution in [0.1, 0.15) is 35.6 Å². The molecule has 208 valence electrons. The lowest BCUT2D eigenvalue weighted by atomic mass is 9.85. The Labute approximate surface area is 223 Å². The normalized spacial score (nSPS) is 13.8. The van der Waals surface area contributed by atoms with Crippen molar-refractivity contribution in [2.45, 2.75) is 34.3 Å². The fraction of sp³-hybridized carbons (Fsp3) is 0.333. The summed E-state index contributed by atoms with van der Waals surface area (Å²) in [6, 6.07) is 7.49. The lowest BCUT2D eigenvalue weighted by molar-refractivity contribution is -0.150. The van der Waals surface area contributed by atoms with Crippen LogP contribution in [0, 0.1) is 19.8 Å². The van der Waals surface area contributed by atoms with Crippen LogP contribution in [-0.4, -0.2) is 55.7 Å². The molecule has 1 aromatic heterocycles. The number of ether oxygens (including phenoxy) is 4. The summed E-state index contributed by atoms with van der Waals surface area (Å²) in [6.45, 7) is 2.89. The van der Waals surface area contributed by atoms with E-state index in [-0.39, 0.29) is 33.9 Å². The maximum Gasteiger partial charge on any atom is 0.387 e. The van der Waals surface area contributed by atoms with E-state index in [4.69, 9.17) is 14.2 Å². The van der Waals surface area contributed by atoms with E-state index in [1.807, 2.05) is 0 Å². The van der Waals surface area contributed by atoms with E-state index in [9.17, 15) is 28.0 Å². The zero-order valence-corrected chi connectivity index (χ0v) is 22.2. The third kappa shape index (κ3) is 6.00. The average Bonchev–Trinajstić information content (AvgIpc) is 3.19. The number of aromatic nitrogens is 1. The number of hydrogen-bond donors (Lipinski definition) is 1. The number of carbonyl (C=O) groups is 4. The number of rotatable bonds is 9. The molecule has 0 saturated carbocycles. The van der Waals surface area contributed by atoms with Crippen molar-refractivity contribution < 1.29 is 46.9 Å². The minimum Gasteiger partial charge on any atom is -0.466 e. The van der Waals surface area contributed by atoms with Crippen LogP contribution in [0.15, 0.2) is 52.9 Å². The van der Waals surface area contributed by atoms with Crippen LogP contribution in [0.5, 0.6) is 5.75 Å². The van der Waals surface area contributed by atoms with Gasteiger partial charge in [0.2, 0.25) is 5.78 Å². The number of nitrogens with zero attached hydrogens (tertiary/aromatic N) is 1. The third-order valence-corrected chi connectivity index (χ3v) is 6.20. The van der Waals surface area contributed by atoms with Crippen molar-refractivity contribution >= 4 is 23.7 Å². The highest BCUT2D eigenvalue weighted by Crippen LogP contribution is 2.32. The molecule has 39 heavy (non-hydrogen) atoms. The molecule has 0 bridgehead atoms. The fourth-order valence-electron chi connectivity index (χ4n) is 4.51. The van der Waals surface area contributed by atoms with Gasteiger partial charge in [-0.3, -0.25) is 9.59 Å². The summed E-state index contributed by atoms with van der Waals surface area (Å²) in [4.78, 5) is 51.3. The van der Waals surface area contributed by atoms with Gasteiger partial charge in [-0.15, -0.1) is 0 Å². The zero-order chi connectivity index (χ0) is 29.0. The van der Waals surface area contributed by atoms with Crippen molar-refractivity contribution in [1.82, 2.24) is 9.88 Å². The van der Waals surface area contributed by atoms with Gasteiger partial charge in [0.05, 0.1) is 25.4 Å². The summed E-state index contributed by atoms with van der Waals surface area (Å²) in [5.74, 6) is -4.72. The van der Waals surface area contributed by atoms with E-state index in [0.29, 0.717) is 17.1 Å². The molecule has 1 N–H and O–H groups in total. The summed E-state index contributed by atoms with van der Waals surface area (Å²) < 4.78 is 45.9. The molecule has 1 aliphatic heterocycles. The van der Waals surface area contributed by atoms with Crippen LogP contribution in [0.2, 0.25) is 0 Å². The molecule has 0 amide bonds. The molecule has 12 heteroatoms. The Morgan fingerprint density at radius 2 is 1.46 bits per heavy atom. The zero-order valence-electron chi connectivity index (χ0n) is 22.2. The van der Waals surface area contributed by atoms with E-state index in [2.05, 4.69) is 10.1 Å². The molecule has 10 nitrogen and oxygen atoms in total. The van der Waals surface area contributed by atoms with Crippen molar-refractivity contribution in [3.8, 4) is 11.4 Å². The Morgan fingerprint density at radius 3 is 1.95 bits per heavy atom. The lowest BCUT2D eigenvalue weighted by Crippen LogP contribution is -2.38. The van der Waals surface area contributed by atoms with Gasteiger partial charge in [0.25, 0.3) is 0 Å². The monoisotopic (exact) mass is 546 g/mol. The van der Waals surface area contributed by atoms with Crippen molar-refractivity contribution in [2.24, 2.45) is 5.92 Å². The molecule has 1 aromatic carbocycles. The Hall–Kier alpha value is -4.48. The maximum absolute atomic E-state index is 13.2. The van der Waals surface area contributed by atoms with Gasteiger partial charge in [-0.25, -0.2) is 9.59 Å². The highest BCUT2D eigenvalue weighted by atomic mass is 19.3. The molecule has 1 aliphatic rings. The number of methoxy groups -OCH3 is 2. The molecular formula is C27H28F2N2O8. The van der Waals surface area contributed by atoms with Crippen molar-refractivity contribution in [3.63, 3.8) is 0 Å². The summed E-state index contributed by atoms with van der Waals surface area (Å²) in [5, 5.41) is 2.87. The van der Waals surface area contributed by atoms with Crippen molar-refractivity contribution in [2.75, 3.05) is 20.8 Å². The summed E-state index contributed by atoms with van der Waals surface area (Å²) >= 11 is 0. The number of benzene rings is 1. The molecular weight excluding hydrogens is 518 g/mol. The molecule has 0 spiro atoms. The number of hydrogen-bond acceptors (Lipinski definition) is 9. The number of carbonyl (C=O) groups excluding carboxylic acids is 4. The van der Waals surface area contributed by atoms with E-state index >= 15 is 0 Å². The first-order valence-corrected chi connectivity index (χ1v) is 11.7. The summed E-state index contributed by atoms with van der Waals surface area (Å²) in [5.41, 5.74) is 2.35. The van der Waals surface area contributed by atoms with Gasteiger partial charge in [0, 0.05) is 34.0 Å². The Balaban J connectivity index is 1.85. The number of halogens is 2. The first kappa shape index (κ1) is 29.1. The Kier molecular flexibility index (Phi) is 8.89. The van der Waals surface area contributed by atoms with Crippen molar-refractivity contribution in [3.05, 3.63) is 69.8 Å². The molecule has 0 fully saturated rings. The van der Waals surface area contributed by atoms with Gasteiger partial charge < -0.3 is 28.8 Å². The average molecular weight is 547 g/mol. The predicted molar refractivity (Wildman–Crippen MR) is 133 cm³/mol. The molecule has 0 radical (unpaired) electrons. The number of aryl methyl sites for hydroxylation is 1. The van der Waals surface area contributed by atoms with Crippen LogP contribution in [0.4, 0.5) is 8.78 Å². The van der Waals surface area contributed by atoms with Crippen LogP contribution in [-0.2, 0) is 28.6 Å². The highest BCUT2D eigenvalue weighted by Gasteiger charge is 2.42. The minimum atomic E-state index is -2.95. The Bertz CT molecular complexity index is 1330. The second-order valence-electron chi connectivity index (χ2n) is 8.64. The van der Waals surface area contributed by atoms with Crippen LogP contribution in [0.3, 0.4) is 0 Å². The summed E-state index contributed by atoms with van der Waals surface area (Å²) in [7, 11) is 2.26. The molecule has 2 aromatic rings. The summed E-state index contributed by atoms with van der Waals surface area (Å²) in [6.07, 6.45) is 0. The molecule has 0 atom stereocenters. The molecule has 2 heterocycles. The van der Waals surface area contributed by atoms with Crippen LogP contribution < -0.4 is 10.1 Å². The van der Waals surface area contributed by atoms with Gasteiger partial charge in [-0.05, 0) is 58.0 Å². The maximum atomic E-state index is 13.2. The molecule has 0 saturated heterocycles. The first-order chi connectivity index (χ1) is 18.4. The van der Waals surface area contributed by atoms with Gasteiger partial charge in [-0.2, -0.15) is 8.78 Å². The largest absolute Gasteiger partial charge is 0.466 e. The predicted octanol–water partition coefficient (Wildman–Crippen LogP) is 3.53.